The van der Waals surface area contributed by atoms with E-state index in [4.69, 9.17) is 5.73 Å². The molecule has 0 atom stereocenters. The van der Waals surface area contributed by atoms with Gasteiger partial charge in [-0.25, -0.2) is 8.78 Å². The Labute approximate surface area is 97.2 Å². The number of rotatable bonds is 4. The van der Waals surface area contributed by atoms with Gasteiger partial charge in [-0.2, -0.15) is 13.1 Å². The van der Waals surface area contributed by atoms with Crippen molar-refractivity contribution in [1.29, 1.82) is 0 Å². The van der Waals surface area contributed by atoms with Gasteiger partial charge in [0.2, 0.25) is 0 Å². The summed E-state index contributed by atoms with van der Waals surface area (Å²) in [5.41, 5.74) is 4.52. The molecule has 17 heavy (non-hydrogen) atoms. The largest absolute Gasteiger partial charge is 0.396 e. The molecule has 0 aliphatic heterocycles. The van der Waals surface area contributed by atoms with E-state index in [9.17, 15) is 17.2 Å². The summed E-state index contributed by atoms with van der Waals surface area (Å²) in [6.45, 7) is 0. The Morgan fingerprint density at radius 1 is 1.24 bits per heavy atom. The van der Waals surface area contributed by atoms with Crippen molar-refractivity contribution in [3.05, 3.63) is 23.8 Å². The molecule has 1 aromatic rings. The number of nitrogen functional groups attached to an aromatic ring is 1. The van der Waals surface area contributed by atoms with Gasteiger partial charge in [-0.15, -0.1) is 0 Å². The number of benzene rings is 1. The summed E-state index contributed by atoms with van der Waals surface area (Å²) in [5.74, 6) is -1.95. The first kappa shape index (κ1) is 12.1. The van der Waals surface area contributed by atoms with Crippen molar-refractivity contribution in [1.82, 2.24) is 4.72 Å². The van der Waals surface area contributed by atoms with E-state index in [0.29, 0.717) is 6.07 Å². The smallest absolute Gasteiger partial charge is 0.299 e. The van der Waals surface area contributed by atoms with Crippen molar-refractivity contribution >= 4 is 21.6 Å². The van der Waals surface area contributed by atoms with Gasteiger partial charge >= 0.3 is 0 Å². The van der Waals surface area contributed by atoms with Gasteiger partial charge in [-0.3, -0.25) is 4.72 Å². The van der Waals surface area contributed by atoms with Gasteiger partial charge in [0.15, 0.2) is 0 Å². The van der Waals surface area contributed by atoms with Crippen LogP contribution in [-0.4, -0.2) is 14.5 Å². The van der Waals surface area contributed by atoms with E-state index < -0.39 is 21.8 Å². The highest BCUT2D eigenvalue weighted by Gasteiger charge is 2.27. The lowest BCUT2D eigenvalue weighted by molar-refractivity contribution is 0.579. The number of nitrogens with one attached hydrogen (secondary N) is 2. The fourth-order valence-corrected chi connectivity index (χ4v) is 2.42. The van der Waals surface area contributed by atoms with Crippen LogP contribution in [0.15, 0.2) is 12.1 Å². The molecular weight excluding hydrogens is 252 g/mol. The van der Waals surface area contributed by atoms with E-state index in [1.54, 1.807) is 0 Å². The molecule has 4 N–H and O–H groups in total. The van der Waals surface area contributed by atoms with Crippen LogP contribution in [0, 0.1) is 11.6 Å². The van der Waals surface area contributed by atoms with Gasteiger partial charge < -0.3 is 5.73 Å². The van der Waals surface area contributed by atoms with E-state index in [-0.39, 0.29) is 17.4 Å². The molecule has 1 aliphatic carbocycles. The lowest BCUT2D eigenvalue weighted by atomic mass is 10.2. The molecule has 0 heterocycles. The second-order valence-corrected chi connectivity index (χ2v) is 5.30. The third-order valence-electron chi connectivity index (χ3n) is 2.23. The highest BCUT2D eigenvalue weighted by Crippen LogP contribution is 2.23. The van der Waals surface area contributed by atoms with Crippen LogP contribution in [0.5, 0.6) is 0 Å². The maximum atomic E-state index is 13.3. The Balaban J connectivity index is 2.20. The first-order chi connectivity index (χ1) is 7.87. The zero-order valence-corrected chi connectivity index (χ0v) is 9.52. The van der Waals surface area contributed by atoms with Crippen LogP contribution in [0.2, 0.25) is 0 Å². The zero-order valence-electron chi connectivity index (χ0n) is 8.70. The lowest BCUT2D eigenvalue weighted by Crippen LogP contribution is -2.32. The topological polar surface area (TPSA) is 84.2 Å². The molecule has 0 amide bonds. The quantitative estimate of drug-likeness (QED) is 0.707. The molecule has 94 valence electrons. The van der Waals surface area contributed by atoms with Gasteiger partial charge in [-0.05, 0) is 18.9 Å². The molecule has 1 fully saturated rings. The van der Waals surface area contributed by atoms with Gasteiger partial charge in [0.05, 0.1) is 11.4 Å². The molecule has 1 saturated carbocycles. The Bertz CT molecular complexity index is 543. The van der Waals surface area contributed by atoms with Crippen LogP contribution in [0.25, 0.3) is 0 Å². The second kappa shape index (κ2) is 4.11. The third kappa shape index (κ3) is 3.04. The average molecular weight is 263 g/mol. The molecular formula is C9H11F2N3O2S. The van der Waals surface area contributed by atoms with E-state index in [2.05, 4.69) is 4.72 Å². The molecule has 2 rings (SSSR count). The van der Waals surface area contributed by atoms with E-state index in [1.807, 2.05) is 4.72 Å². The molecule has 1 aromatic carbocycles. The summed E-state index contributed by atoms with van der Waals surface area (Å²) in [7, 11) is -3.84. The highest BCUT2D eigenvalue weighted by atomic mass is 32.2. The maximum Gasteiger partial charge on any atom is 0.299 e. The molecule has 0 saturated heterocycles. The lowest BCUT2D eigenvalue weighted by Gasteiger charge is -2.10. The van der Waals surface area contributed by atoms with E-state index >= 15 is 0 Å². The van der Waals surface area contributed by atoms with Crippen molar-refractivity contribution < 1.29 is 17.2 Å². The third-order valence-corrected chi connectivity index (χ3v) is 3.36. The number of hydrogen-bond acceptors (Lipinski definition) is 3. The maximum absolute atomic E-state index is 13.3. The van der Waals surface area contributed by atoms with Crippen LogP contribution in [0.3, 0.4) is 0 Å². The molecule has 8 heteroatoms. The first-order valence-corrected chi connectivity index (χ1v) is 6.40. The van der Waals surface area contributed by atoms with Crippen molar-refractivity contribution in [3.63, 3.8) is 0 Å². The summed E-state index contributed by atoms with van der Waals surface area (Å²) in [4.78, 5) is 0. The average Bonchev–Trinajstić information content (AvgIpc) is 2.96. The predicted octanol–water partition coefficient (Wildman–Crippen LogP) is 0.956. The van der Waals surface area contributed by atoms with Crippen LogP contribution in [0.1, 0.15) is 12.8 Å². The summed E-state index contributed by atoms with van der Waals surface area (Å²) in [5, 5.41) is 0. The number of nitrogens with two attached hydrogens (primary N) is 1. The molecule has 1 aliphatic rings. The van der Waals surface area contributed by atoms with Crippen molar-refractivity contribution in [3.8, 4) is 0 Å². The Kier molecular flexibility index (Phi) is 2.92. The highest BCUT2D eigenvalue weighted by molar-refractivity contribution is 7.90. The minimum absolute atomic E-state index is 0.103. The minimum Gasteiger partial charge on any atom is -0.396 e. The van der Waals surface area contributed by atoms with Crippen molar-refractivity contribution in [2.24, 2.45) is 0 Å². The van der Waals surface area contributed by atoms with Crippen LogP contribution < -0.4 is 15.2 Å². The van der Waals surface area contributed by atoms with Crippen molar-refractivity contribution in [2.75, 3.05) is 10.5 Å². The van der Waals surface area contributed by atoms with Crippen LogP contribution in [-0.2, 0) is 10.2 Å². The second-order valence-electron chi connectivity index (χ2n) is 3.85. The van der Waals surface area contributed by atoms with Gasteiger partial charge in [0.1, 0.15) is 11.6 Å². The molecule has 0 radical (unpaired) electrons. The number of hydrogen-bond donors (Lipinski definition) is 3. The standard InChI is InChI=1S/C9H11F2N3O2S/c10-6-3-7(11)9(4-8(6)12)14-17(15,16)13-5-1-2-5/h3-5,13-14H,1-2,12H2. The Morgan fingerprint density at radius 2 is 1.88 bits per heavy atom. The first-order valence-electron chi connectivity index (χ1n) is 4.92. The fraction of sp³-hybridized carbons (Fsp3) is 0.333. The summed E-state index contributed by atoms with van der Waals surface area (Å²) in [6, 6.07) is 1.33. The van der Waals surface area contributed by atoms with Crippen molar-refractivity contribution in [2.45, 2.75) is 18.9 Å². The number of halogens is 2. The number of anilines is 2. The molecule has 0 unspecified atom stereocenters. The molecule has 0 spiro atoms. The van der Waals surface area contributed by atoms with Gasteiger partial charge in [0.25, 0.3) is 10.2 Å². The van der Waals surface area contributed by atoms with Gasteiger partial charge in [0, 0.05) is 12.1 Å². The van der Waals surface area contributed by atoms with E-state index in [1.165, 1.54) is 0 Å². The Hall–Kier alpha value is -1.41. The molecule has 0 bridgehead atoms. The Morgan fingerprint density at radius 3 is 2.47 bits per heavy atom. The molecule has 5 nitrogen and oxygen atoms in total. The SMILES string of the molecule is Nc1cc(NS(=O)(=O)NC2CC2)c(F)cc1F. The van der Waals surface area contributed by atoms with Crippen LogP contribution in [0.4, 0.5) is 20.2 Å². The van der Waals surface area contributed by atoms with Crippen LogP contribution >= 0.6 is 0 Å². The zero-order chi connectivity index (χ0) is 12.6. The summed E-state index contributed by atoms with van der Waals surface area (Å²) < 4.78 is 53.3. The molecule has 0 aromatic heterocycles. The summed E-state index contributed by atoms with van der Waals surface area (Å²) >= 11 is 0. The fourth-order valence-electron chi connectivity index (χ4n) is 1.24. The monoisotopic (exact) mass is 263 g/mol. The van der Waals surface area contributed by atoms with Gasteiger partial charge in [-0.1, -0.05) is 0 Å². The minimum atomic E-state index is -3.84. The van der Waals surface area contributed by atoms with E-state index in [0.717, 1.165) is 18.9 Å². The predicted molar refractivity (Wildman–Crippen MR) is 59.5 cm³/mol. The summed E-state index contributed by atoms with van der Waals surface area (Å²) in [6.07, 6.45) is 1.52. The normalized spacial score (nSPS) is 15.9.